The molecule has 0 aliphatic carbocycles. The van der Waals surface area contributed by atoms with Crippen molar-refractivity contribution in [2.75, 3.05) is 11.1 Å². The number of fused-ring (bicyclic) bond motifs is 3. The highest BCUT2D eigenvalue weighted by Gasteiger charge is 2.17. The number of amides is 1. The number of rotatable bonds is 7. The standard InChI is InChI=1S/C23H19N5O3S/c1-2-5-15-12-22(27-20-7-4-3-6-19(20)26-23(27)18(15)13-24)32-14-21(29)25-16-8-10-17(11-9-16)28(30)31/h3-4,6-12H,2,5,14H2,1H3,(H,25,29). The Kier molecular flexibility index (Phi) is 6.05. The average Bonchev–Trinajstić information content (AvgIpc) is 3.17. The summed E-state index contributed by atoms with van der Waals surface area (Å²) in [4.78, 5) is 27.5. The van der Waals surface area contributed by atoms with Crippen LogP contribution < -0.4 is 5.32 Å². The number of imidazole rings is 1. The SMILES string of the molecule is CCCc1cc(SCC(=O)Nc2ccc([N+](=O)[O-])cc2)n2c(nc3ccccc32)c1C#N. The van der Waals surface area contributed by atoms with E-state index in [1.165, 1.54) is 36.0 Å². The molecule has 32 heavy (non-hydrogen) atoms. The first-order valence-electron chi connectivity index (χ1n) is 10.0. The van der Waals surface area contributed by atoms with Gasteiger partial charge in [0.05, 0.1) is 32.3 Å². The van der Waals surface area contributed by atoms with Crippen LogP contribution in [0.5, 0.6) is 0 Å². The summed E-state index contributed by atoms with van der Waals surface area (Å²) in [7, 11) is 0. The van der Waals surface area contributed by atoms with E-state index >= 15 is 0 Å². The van der Waals surface area contributed by atoms with Gasteiger partial charge in [-0.1, -0.05) is 37.2 Å². The summed E-state index contributed by atoms with van der Waals surface area (Å²) in [5, 5.41) is 24.1. The van der Waals surface area contributed by atoms with Crippen molar-refractivity contribution < 1.29 is 9.72 Å². The van der Waals surface area contributed by atoms with Crippen molar-refractivity contribution in [2.45, 2.75) is 24.8 Å². The molecule has 0 unspecified atom stereocenters. The molecule has 0 aliphatic heterocycles. The zero-order valence-electron chi connectivity index (χ0n) is 17.2. The number of nitro groups is 1. The van der Waals surface area contributed by atoms with Crippen LogP contribution >= 0.6 is 11.8 Å². The number of non-ortho nitro benzene ring substituents is 1. The number of hydrogen-bond donors (Lipinski definition) is 1. The number of thioether (sulfide) groups is 1. The lowest BCUT2D eigenvalue weighted by molar-refractivity contribution is -0.384. The van der Waals surface area contributed by atoms with Gasteiger partial charge in [0.15, 0.2) is 5.65 Å². The maximum atomic E-state index is 12.5. The quantitative estimate of drug-likeness (QED) is 0.245. The van der Waals surface area contributed by atoms with Crippen LogP contribution in [0.1, 0.15) is 24.5 Å². The van der Waals surface area contributed by atoms with Gasteiger partial charge in [-0.05, 0) is 42.3 Å². The molecule has 0 bridgehead atoms. The van der Waals surface area contributed by atoms with Crippen LogP contribution in [0, 0.1) is 21.4 Å². The second-order valence-corrected chi connectivity index (χ2v) is 8.14. The van der Waals surface area contributed by atoms with Gasteiger partial charge in [0.25, 0.3) is 5.69 Å². The average molecular weight is 446 g/mol. The molecular formula is C23H19N5O3S. The second kappa shape index (κ2) is 9.08. The molecule has 0 saturated heterocycles. The number of pyridine rings is 1. The van der Waals surface area contributed by atoms with Gasteiger partial charge in [-0.3, -0.25) is 19.3 Å². The monoisotopic (exact) mass is 445 g/mol. The number of anilines is 1. The van der Waals surface area contributed by atoms with E-state index in [1.807, 2.05) is 34.7 Å². The van der Waals surface area contributed by atoms with E-state index < -0.39 is 4.92 Å². The number of benzene rings is 2. The number of nitrogens with zero attached hydrogens (tertiary/aromatic N) is 4. The molecule has 2 aromatic carbocycles. The van der Waals surface area contributed by atoms with Gasteiger partial charge < -0.3 is 5.32 Å². The van der Waals surface area contributed by atoms with Crippen molar-refractivity contribution in [3.63, 3.8) is 0 Å². The molecule has 9 heteroatoms. The van der Waals surface area contributed by atoms with Gasteiger partial charge in [-0.25, -0.2) is 4.98 Å². The van der Waals surface area contributed by atoms with E-state index in [2.05, 4.69) is 23.3 Å². The lowest BCUT2D eigenvalue weighted by atomic mass is 10.1. The molecular weight excluding hydrogens is 426 g/mol. The van der Waals surface area contributed by atoms with Crippen molar-refractivity contribution in [1.29, 1.82) is 5.26 Å². The van der Waals surface area contributed by atoms with Gasteiger partial charge in [0, 0.05) is 17.8 Å². The van der Waals surface area contributed by atoms with Gasteiger partial charge in [-0.15, -0.1) is 0 Å². The highest BCUT2D eigenvalue weighted by atomic mass is 32.2. The van der Waals surface area contributed by atoms with Crippen molar-refractivity contribution in [2.24, 2.45) is 0 Å². The minimum absolute atomic E-state index is 0.0345. The minimum atomic E-state index is -0.485. The van der Waals surface area contributed by atoms with Gasteiger partial charge in [0.1, 0.15) is 6.07 Å². The zero-order chi connectivity index (χ0) is 22.7. The van der Waals surface area contributed by atoms with Crippen molar-refractivity contribution in [3.8, 4) is 6.07 Å². The Bertz CT molecular complexity index is 1370. The summed E-state index contributed by atoms with van der Waals surface area (Å²) in [6, 6.07) is 17.6. The Morgan fingerprint density at radius 3 is 2.69 bits per heavy atom. The Hall–Kier alpha value is -3.90. The summed E-state index contributed by atoms with van der Waals surface area (Å²) in [5.41, 5.74) is 4.19. The molecule has 0 atom stereocenters. The Balaban J connectivity index is 1.64. The molecule has 0 radical (unpaired) electrons. The van der Waals surface area contributed by atoms with Crippen LogP contribution in [0.15, 0.2) is 59.6 Å². The van der Waals surface area contributed by atoms with Crippen LogP contribution in [-0.4, -0.2) is 26.0 Å². The molecule has 0 spiro atoms. The second-order valence-electron chi connectivity index (χ2n) is 7.14. The van der Waals surface area contributed by atoms with Gasteiger partial charge in [-0.2, -0.15) is 5.26 Å². The Labute approximate surface area is 188 Å². The first-order chi connectivity index (χ1) is 15.5. The first-order valence-corrected chi connectivity index (χ1v) is 11.0. The number of carbonyl (C=O) groups excluding carboxylic acids is 1. The first kappa shape index (κ1) is 21.3. The maximum absolute atomic E-state index is 12.5. The number of nitriles is 1. The van der Waals surface area contributed by atoms with E-state index in [1.54, 1.807) is 0 Å². The van der Waals surface area contributed by atoms with E-state index in [0.29, 0.717) is 16.9 Å². The lowest BCUT2D eigenvalue weighted by Gasteiger charge is -2.12. The molecule has 0 aliphatic rings. The molecule has 2 heterocycles. The predicted octanol–water partition coefficient (Wildman–Crippen LogP) is 4.95. The fourth-order valence-corrected chi connectivity index (χ4v) is 4.43. The molecule has 4 aromatic rings. The number of aromatic nitrogens is 2. The third-order valence-electron chi connectivity index (χ3n) is 4.97. The fraction of sp³-hybridized carbons (Fsp3) is 0.174. The number of nitrogens with one attached hydrogen (secondary N) is 1. The molecule has 0 fully saturated rings. The van der Waals surface area contributed by atoms with E-state index in [9.17, 15) is 20.2 Å². The summed E-state index contributed by atoms with van der Waals surface area (Å²) < 4.78 is 1.93. The molecule has 1 N–H and O–H groups in total. The summed E-state index contributed by atoms with van der Waals surface area (Å²) >= 11 is 1.36. The van der Waals surface area contributed by atoms with E-state index in [4.69, 9.17) is 0 Å². The fourth-order valence-electron chi connectivity index (χ4n) is 3.54. The summed E-state index contributed by atoms with van der Waals surface area (Å²) in [6.45, 7) is 2.05. The van der Waals surface area contributed by atoms with Crippen LogP contribution in [0.2, 0.25) is 0 Å². The van der Waals surface area contributed by atoms with Crippen molar-refractivity contribution >= 4 is 45.7 Å². The molecule has 8 nitrogen and oxygen atoms in total. The number of aryl methyl sites for hydroxylation is 1. The number of carbonyl (C=O) groups is 1. The molecule has 1 amide bonds. The van der Waals surface area contributed by atoms with Gasteiger partial charge >= 0.3 is 0 Å². The van der Waals surface area contributed by atoms with E-state index in [-0.39, 0.29) is 17.3 Å². The molecule has 2 aromatic heterocycles. The van der Waals surface area contributed by atoms with E-state index in [0.717, 1.165) is 34.5 Å². The lowest BCUT2D eigenvalue weighted by Crippen LogP contribution is -2.14. The van der Waals surface area contributed by atoms with Gasteiger partial charge in [0.2, 0.25) is 5.91 Å². The normalized spacial score (nSPS) is 10.9. The Morgan fingerprint density at radius 1 is 1.25 bits per heavy atom. The highest BCUT2D eigenvalue weighted by Crippen LogP contribution is 2.30. The van der Waals surface area contributed by atoms with Crippen LogP contribution in [-0.2, 0) is 11.2 Å². The third-order valence-corrected chi connectivity index (χ3v) is 5.97. The highest BCUT2D eigenvalue weighted by molar-refractivity contribution is 7.99. The molecule has 4 rings (SSSR count). The third kappa shape index (κ3) is 4.13. The molecule has 160 valence electrons. The number of nitro benzene ring substituents is 1. The van der Waals surface area contributed by atoms with Crippen molar-refractivity contribution in [3.05, 3.63) is 75.8 Å². The zero-order valence-corrected chi connectivity index (χ0v) is 18.1. The molecule has 0 saturated carbocycles. The largest absolute Gasteiger partial charge is 0.325 e. The van der Waals surface area contributed by atoms with Crippen LogP contribution in [0.3, 0.4) is 0 Å². The maximum Gasteiger partial charge on any atom is 0.269 e. The number of hydrogen-bond acceptors (Lipinski definition) is 6. The summed E-state index contributed by atoms with van der Waals surface area (Å²) in [6.07, 6.45) is 1.63. The van der Waals surface area contributed by atoms with Crippen LogP contribution in [0.25, 0.3) is 16.7 Å². The number of para-hydroxylation sites is 2. The Morgan fingerprint density at radius 2 is 2.00 bits per heavy atom. The smallest absolute Gasteiger partial charge is 0.269 e. The predicted molar refractivity (Wildman–Crippen MR) is 124 cm³/mol. The van der Waals surface area contributed by atoms with Crippen LogP contribution in [0.4, 0.5) is 11.4 Å². The van der Waals surface area contributed by atoms with Crippen molar-refractivity contribution in [1.82, 2.24) is 9.38 Å². The summed E-state index contributed by atoms with van der Waals surface area (Å²) in [5.74, 6) is -0.0985. The topological polar surface area (TPSA) is 113 Å². The minimum Gasteiger partial charge on any atom is -0.325 e.